The largest absolute Gasteiger partial charge is 0.329 e. The van der Waals surface area contributed by atoms with Crippen LogP contribution in [0.2, 0.25) is 0 Å². The minimum absolute atomic E-state index is 0.152. The van der Waals surface area contributed by atoms with Crippen LogP contribution in [0.15, 0.2) is 0 Å². The van der Waals surface area contributed by atoms with Gasteiger partial charge in [-0.05, 0) is 20.9 Å². The molecule has 114 valence electrons. The summed E-state index contributed by atoms with van der Waals surface area (Å²) in [6, 6.07) is 0.000882. The average Bonchev–Trinajstić information content (AvgIpc) is 2.58. The lowest BCUT2D eigenvalue weighted by molar-refractivity contribution is -0.130. The molecule has 2 rings (SSSR count). The normalized spacial score (nSPS) is 28.0. The predicted molar refractivity (Wildman–Crippen MR) is 76.2 cm³/mol. The first-order valence-electron chi connectivity index (χ1n) is 7.12. The minimum Gasteiger partial charge on any atom is -0.329 e. The van der Waals surface area contributed by atoms with Gasteiger partial charge < -0.3 is 16.0 Å². The number of carbonyl (C=O) groups excluding carboxylic acids is 2. The van der Waals surface area contributed by atoms with Crippen molar-refractivity contribution in [2.45, 2.75) is 25.4 Å². The summed E-state index contributed by atoms with van der Waals surface area (Å²) in [5.74, 6) is -0.152. The molecule has 2 fully saturated rings. The van der Waals surface area contributed by atoms with Crippen LogP contribution in [-0.2, 0) is 4.79 Å². The van der Waals surface area contributed by atoms with Gasteiger partial charge in [0.25, 0.3) is 5.91 Å². The smallest absolute Gasteiger partial charge is 0.325 e. The number of amides is 3. The Morgan fingerprint density at radius 1 is 1.30 bits per heavy atom. The van der Waals surface area contributed by atoms with Gasteiger partial charge in [0.05, 0.1) is 0 Å². The second kappa shape index (κ2) is 5.67. The molecule has 2 heterocycles. The maximum Gasteiger partial charge on any atom is 0.325 e. The van der Waals surface area contributed by atoms with Gasteiger partial charge in [0.2, 0.25) is 0 Å². The molecule has 0 aromatic rings. The standard InChI is InChI=1S/C13H25N5O2/c1-13(2)11(19)18(12(20)15-13)7-6-17-5-4-16(3)9-10(17)8-14/h10H,4-9,14H2,1-3H3,(H,15,20). The second-order valence-electron chi connectivity index (χ2n) is 6.20. The lowest BCUT2D eigenvalue weighted by atomic mass is 10.1. The fraction of sp³-hybridized carbons (Fsp3) is 0.846. The number of urea groups is 1. The van der Waals surface area contributed by atoms with Crippen LogP contribution >= 0.6 is 0 Å². The summed E-state index contributed by atoms with van der Waals surface area (Å²) in [6.07, 6.45) is 0. The number of piperazine rings is 1. The third-order valence-corrected chi connectivity index (χ3v) is 4.14. The summed E-state index contributed by atoms with van der Waals surface area (Å²) in [5, 5.41) is 2.70. The van der Waals surface area contributed by atoms with Gasteiger partial charge in [0, 0.05) is 45.3 Å². The molecule has 3 amide bonds. The van der Waals surface area contributed by atoms with Crippen LogP contribution in [-0.4, -0.2) is 84.5 Å². The molecule has 0 aromatic carbocycles. The van der Waals surface area contributed by atoms with Crippen molar-refractivity contribution in [2.75, 3.05) is 46.3 Å². The van der Waals surface area contributed by atoms with Crippen LogP contribution in [0.4, 0.5) is 4.79 Å². The first-order valence-corrected chi connectivity index (χ1v) is 7.12. The van der Waals surface area contributed by atoms with Crippen molar-refractivity contribution in [2.24, 2.45) is 5.73 Å². The molecule has 0 aliphatic carbocycles. The summed E-state index contributed by atoms with van der Waals surface area (Å²) in [4.78, 5) is 29.8. The van der Waals surface area contributed by atoms with E-state index in [9.17, 15) is 9.59 Å². The van der Waals surface area contributed by atoms with Gasteiger partial charge >= 0.3 is 6.03 Å². The van der Waals surface area contributed by atoms with Gasteiger partial charge in [-0.3, -0.25) is 14.6 Å². The molecule has 3 N–H and O–H groups in total. The molecule has 1 atom stereocenters. The highest BCUT2D eigenvalue weighted by Crippen LogP contribution is 2.17. The summed E-state index contributed by atoms with van der Waals surface area (Å²) >= 11 is 0. The highest BCUT2D eigenvalue weighted by molar-refractivity contribution is 6.06. The van der Waals surface area contributed by atoms with Crippen LogP contribution in [0.5, 0.6) is 0 Å². The molecule has 2 aliphatic rings. The highest BCUT2D eigenvalue weighted by atomic mass is 16.2. The lowest BCUT2D eigenvalue weighted by Gasteiger charge is -2.39. The highest BCUT2D eigenvalue weighted by Gasteiger charge is 2.44. The van der Waals surface area contributed by atoms with Gasteiger partial charge in [0.1, 0.15) is 5.54 Å². The Hall–Kier alpha value is -1.18. The number of likely N-dealkylation sites (N-methyl/N-ethyl adjacent to an activating group) is 1. The first kappa shape index (κ1) is 15.2. The van der Waals surface area contributed by atoms with Crippen molar-refractivity contribution in [3.63, 3.8) is 0 Å². The topological polar surface area (TPSA) is 81.9 Å². The van der Waals surface area contributed by atoms with E-state index in [1.165, 1.54) is 4.90 Å². The maximum absolute atomic E-state index is 12.1. The van der Waals surface area contributed by atoms with Crippen LogP contribution in [0.3, 0.4) is 0 Å². The fourth-order valence-corrected chi connectivity index (χ4v) is 2.82. The van der Waals surface area contributed by atoms with Crippen LogP contribution in [0, 0.1) is 0 Å². The summed E-state index contributed by atoms with van der Waals surface area (Å²) in [6.45, 7) is 8.00. The van der Waals surface area contributed by atoms with Crippen LogP contribution in [0.25, 0.3) is 0 Å². The summed E-state index contributed by atoms with van der Waals surface area (Å²) in [7, 11) is 2.08. The van der Waals surface area contributed by atoms with E-state index in [1.807, 2.05) is 0 Å². The van der Waals surface area contributed by atoms with E-state index in [0.29, 0.717) is 25.7 Å². The lowest BCUT2D eigenvalue weighted by Crippen LogP contribution is -2.56. The van der Waals surface area contributed by atoms with E-state index in [4.69, 9.17) is 5.73 Å². The zero-order valence-electron chi connectivity index (χ0n) is 12.6. The maximum atomic E-state index is 12.1. The second-order valence-corrected chi connectivity index (χ2v) is 6.20. The van der Waals surface area contributed by atoms with Crippen molar-refractivity contribution in [3.8, 4) is 0 Å². The molecule has 0 spiro atoms. The molecule has 0 saturated carbocycles. The van der Waals surface area contributed by atoms with Gasteiger partial charge in [0.15, 0.2) is 0 Å². The molecule has 0 radical (unpaired) electrons. The molecule has 2 aliphatic heterocycles. The van der Waals surface area contributed by atoms with Crippen molar-refractivity contribution in [1.29, 1.82) is 0 Å². The number of imide groups is 1. The quantitative estimate of drug-likeness (QED) is 0.640. The van der Waals surface area contributed by atoms with Crippen LogP contribution < -0.4 is 11.1 Å². The van der Waals surface area contributed by atoms with Gasteiger partial charge in [-0.1, -0.05) is 0 Å². The number of hydrogen-bond acceptors (Lipinski definition) is 5. The van der Waals surface area contributed by atoms with Crippen molar-refractivity contribution in [3.05, 3.63) is 0 Å². The van der Waals surface area contributed by atoms with Gasteiger partial charge in [-0.25, -0.2) is 4.79 Å². The summed E-state index contributed by atoms with van der Waals surface area (Å²) in [5.41, 5.74) is 5.02. The number of carbonyl (C=O) groups is 2. The molecule has 7 heteroatoms. The molecule has 1 unspecified atom stereocenters. The third kappa shape index (κ3) is 2.94. The zero-order valence-corrected chi connectivity index (χ0v) is 12.6. The van der Waals surface area contributed by atoms with Crippen molar-refractivity contribution in [1.82, 2.24) is 20.0 Å². The number of nitrogens with one attached hydrogen (secondary N) is 1. The van der Waals surface area contributed by atoms with E-state index in [-0.39, 0.29) is 11.9 Å². The Balaban J connectivity index is 1.92. The monoisotopic (exact) mass is 283 g/mol. The van der Waals surface area contributed by atoms with E-state index in [1.54, 1.807) is 13.8 Å². The van der Waals surface area contributed by atoms with Crippen molar-refractivity contribution < 1.29 is 9.59 Å². The minimum atomic E-state index is -0.785. The zero-order chi connectivity index (χ0) is 14.9. The van der Waals surface area contributed by atoms with E-state index in [2.05, 4.69) is 22.2 Å². The predicted octanol–water partition coefficient (Wildman–Crippen LogP) is -1.11. The Morgan fingerprint density at radius 2 is 2.00 bits per heavy atom. The Morgan fingerprint density at radius 3 is 2.55 bits per heavy atom. The summed E-state index contributed by atoms with van der Waals surface area (Å²) < 4.78 is 0. The number of rotatable bonds is 4. The average molecular weight is 283 g/mol. The Kier molecular flexibility index (Phi) is 4.31. The Bertz CT molecular complexity index is 398. The number of hydrogen-bond donors (Lipinski definition) is 2. The van der Waals surface area contributed by atoms with Gasteiger partial charge in [-0.2, -0.15) is 0 Å². The van der Waals surface area contributed by atoms with Crippen LogP contribution in [0.1, 0.15) is 13.8 Å². The molecule has 0 bridgehead atoms. The fourth-order valence-electron chi connectivity index (χ4n) is 2.82. The molecular formula is C13H25N5O2. The SMILES string of the molecule is CN1CCN(CCN2C(=O)NC(C)(C)C2=O)C(CN)C1. The molecular weight excluding hydrogens is 258 g/mol. The van der Waals surface area contributed by atoms with Crippen molar-refractivity contribution >= 4 is 11.9 Å². The molecule has 7 nitrogen and oxygen atoms in total. The van der Waals surface area contributed by atoms with E-state index >= 15 is 0 Å². The molecule has 0 aromatic heterocycles. The molecule has 20 heavy (non-hydrogen) atoms. The molecule has 2 saturated heterocycles. The Labute approximate surface area is 120 Å². The third-order valence-electron chi connectivity index (χ3n) is 4.14. The van der Waals surface area contributed by atoms with Gasteiger partial charge in [-0.15, -0.1) is 0 Å². The first-order chi connectivity index (χ1) is 9.35. The van der Waals surface area contributed by atoms with E-state index < -0.39 is 5.54 Å². The van der Waals surface area contributed by atoms with E-state index in [0.717, 1.165) is 19.6 Å². The number of nitrogens with two attached hydrogens (primary N) is 1. The number of nitrogens with zero attached hydrogens (tertiary/aromatic N) is 3.